The van der Waals surface area contributed by atoms with Gasteiger partial charge in [0.25, 0.3) is 0 Å². The summed E-state index contributed by atoms with van der Waals surface area (Å²) >= 11 is 0. The van der Waals surface area contributed by atoms with Crippen LogP contribution in [0.1, 0.15) is 0 Å². The SMILES string of the molecule is Cl.O=S(=O)(O)O.[PbH2]. The van der Waals surface area contributed by atoms with Crippen LogP contribution in [0.15, 0.2) is 0 Å². The van der Waals surface area contributed by atoms with Crippen molar-refractivity contribution in [2.45, 2.75) is 0 Å². The molecule has 0 amide bonds. The molecule has 2 radical (unpaired) electrons. The van der Waals surface area contributed by atoms with E-state index in [-0.39, 0.29) is 39.7 Å². The van der Waals surface area contributed by atoms with Crippen molar-refractivity contribution < 1.29 is 17.5 Å². The van der Waals surface area contributed by atoms with Crippen LogP contribution >= 0.6 is 12.4 Å². The first-order valence-corrected chi connectivity index (χ1v) is 2.10. The van der Waals surface area contributed by atoms with Crippen LogP contribution in [-0.4, -0.2) is 44.8 Å². The van der Waals surface area contributed by atoms with E-state index >= 15 is 0 Å². The van der Waals surface area contributed by atoms with Crippen LogP contribution in [0.4, 0.5) is 0 Å². The first kappa shape index (κ1) is 15.7. The van der Waals surface area contributed by atoms with Crippen LogP contribution in [0.3, 0.4) is 0 Å². The summed E-state index contributed by atoms with van der Waals surface area (Å²) in [6, 6.07) is 0. The van der Waals surface area contributed by atoms with E-state index in [0.29, 0.717) is 0 Å². The molecule has 0 saturated carbocycles. The maximum absolute atomic E-state index is 8.74. The van der Waals surface area contributed by atoms with Crippen molar-refractivity contribution >= 4 is 50.1 Å². The van der Waals surface area contributed by atoms with Gasteiger partial charge in [0.05, 0.1) is 0 Å². The molecule has 0 saturated heterocycles. The molecule has 0 aliphatic rings. The molecule has 4 nitrogen and oxygen atoms in total. The van der Waals surface area contributed by atoms with Gasteiger partial charge in [-0.2, -0.15) is 8.42 Å². The Hall–Kier alpha value is 1.08. The molecular weight excluding hydrogens is 339 g/mol. The van der Waals surface area contributed by atoms with Gasteiger partial charge in [-0.25, -0.2) is 0 Å². The van der Waals surface area contributed by atoms with E-state index in [1.54, 1.807) is 0 Å². The van der Waals surface area contributed by atoms with Crippen molar-refractivity contribution in [2.75, 3.05) is 0 Å². The van der Waals surface area contributed by atoms with Crippen LogP contribution in [0.5, 0.6) is 0 Å². The van der Waals surface area contributed by atoms with Gasteiger partial charge in [-0.05, 0) is 0 Å². The Labute approximate surface area is 67.4 Å². The minimum atomic E-state index is -4.67. The van der Waals surface area contributed by atoms with Gasteiger partial charge in [-0.1, -0.05) is 0 Å². The zero-order valence-electron chi connectivity index (χ0n) is 3.23. The second kappa shape index (κ2) is 5.22. The fourth-order valence-electron chi connectivity index (χ4n) is 0. The summed E-state index contributed by atoms with van der Waals surface area (Å²) in [6.07, 6.45) is 0. The molecule has 7 heteroatoms. The van der Waals surface area contributed by atoms with Crippen LogP contribution in [0.25, 0.3) is 0 Å². The average Bonchev–Trinajstić information content (AvgIpc) is 0.722. The topological polar surface area (TPSA) is 74.6 Å². The van der Waals surface area contributed by atoms with Crippen LogP contribution in [-0.2, 0) is 10.4 Å². The quantitative estimate of drug-likeness (QED) is 0.430. The van der Waals surface area contributed by atoms with E-state index in [1.807, 2.05) is 0 Å². The molecule has 0 aromatic rings. The molecule has 2 N–H and O–H groups in total. The molecule has 46 valence electrons. The third-order valence-electron chi connectivity index (χ3n) is 0. The molecule has 0 aromatic carbocycles. The van der Waals surface area contributed by atoms with Crippen molar-refractivity contribution in [2.24, 2.45) is 0 Å². The van der Waals surface area contributed by atoms with Gasteiger partial charge in [-0.3, -0.25) is 9.11 Å². The van der Waals surface area contributed by atoms with E-state index in [9.17, 15) is 0 Å². The first-order chi connectivity index (χ1) is 2.00. The Morgan fingerprint density at radius 2 is 1.14 bits per heavy atom. The predicted molar refractivity (Wildman–Crippen MR) is 30.0 cm³/mol. The van der Waals surface area contributed by atoms with Gasteiger partial charge in [-0.15, -0.1) is 12.4 Å². The zero-order chi connectivity index (χ0) is 4.50. The molecular formula is H5ClO4PbS. The van der Waals surface area contributed by atoms with Gasteiger partial charge in [0.1, 0.15) is 0 Å². The van der Waals surface area contributed by atoms with Gasteiger partial charge >= 0.3 is 37.7 Å². The summed E-state index contributed by atoms with van der Waals surface area (Å²) in [5.41, 5.74) is 0. The Morgan fingerprint density at radius 3 is 1.14 bits per heavy atom. The Morgan fingerprint density at radius 1 is 1.14 bits per heavy atom. The van der Waals surface area contributed by atoms with Crippen molar-refractivity contribution in [3.05, 3.63) is 0 Å². The second-order valence-corrected chi connectivity index (χ2v) is 1.34. The van der Waals surface area contributed by atoms with E-state index in [0.717, 1.165) is 0 Å². The van der Waals surface area contributed by atoms with Gasteiger partial charge in [0.2, 0.25) is 0 Å². The molecule has 0 unspecified atom stereocenters. The van der Waals surface area contributed by atoms with E-state index in [1.165, 1.54) is 0 Å². The summed E-state index contributed by atoms with van der Waals surface area (Å²) in [5, 5.41) is 0. The molecule has 0 spiro atoms. The van der Waals surface area contributed by atoms with E-state index in [2.05, 4.69) is 0 Å². The molecule has 0 fully saturated rings. The van der Waals surface area contributed by atoms with E-state index in [4.69, 9.17) is 17.5 Å². The molecule has 0 bridgehead atoms. The van der Waals surface area contributed by atoms with Crippen LogP contribution < -0.4 is 0 Å². The minimum absolute atomic E-state index is 0. The normalized spacial score (nSPS) is 8.29. The fraction of sp³-hybridized carbons (Fsp3) is 0. The standard InChI is InChI=1S/ClH.H2O4S.Pb.2H/c;1-5(2,3)4;;;/h1H;(H2,1,2,3,4);;;. The molecule has 0 aliphatic heterocycles. The third kappa shape index (κ3) is 156. The molecule has 0 rings (SSSR count). The average molecular weight is 344 g/mol. The number of halogens is 1. The molecule has 0 aromatic heterocycles. The molecule has 0 atom stereocenters. The van der Waals surface area contributed by atoms with Crippen molar-refractivity contribution in [3.63, 3.8) is 0 Å². The number of hydrogen-bond acceptors (Lipinski definition) is 2. The van der Waals surface area contributed by atoms with Crippen LogP contribution in [0.2, 0.25) is 0 Å². The molecule has 0 heterocycles. The fourth-order valence-corrected chi connectivity index (χ4v) is 0. The van der Waals surface area contributed by atoms with E-state index < -0.39 is 10.4 Å². The maximum atomic E-state index is 8.74. The third-order valence-corrected chi connectivity index (χ3v) is 0. The van der Waals surface area contributed by atoms with Gasteiger partial charge in [0.15, 0.2) is 0 Å². The number of hydrogen-bond donors (Lipinski definition) is 2. The first-order valence-electron chi connectivity index (χ1n) is 0.698. The summed E-state index contributed by atoms with van der Waals surface area (Å²) in [5.74, 6) is 0. The van der Waals surface area contributed by atoms with Crippen LogP contribution in [0, 0.1) is 0 Å². The van der Waals surface area contributed by atoms with Crippen molar-refractivity contribution in [1.29, 1.82) is 0 Å². The summed E-state index contributed by atoms with van der Waals surface area (Å²) < 4.78 is 31.6. The zero-order valence-corrected chi connectivity index (χ0v) is 10.4. The van der Waals surface area contributed by atoms with Gasteiger partial charge < -0.3 is 0 Å². The summed E-state index contributed by atoms with van der Waals surface area (Å²) in [6.45, 7) is 0. The summed E-state index contributed by atoms with van der Waals surface area (Å²) in [7, 11) is -4.67. The van der Waals surface area contributed by atoms with Gasteiger partial charge in [0, 0.05) is 0 Å². The van der Waals surface area contributed by atoms with Crippen molar-refractivity contribution in [3.8, 4) is 0 Å². The monoisotopic (exact) mass is 344 g/mol. The molecule has 0 aliphatic carbocycles. The predicted octanol–water partition coefficient (Wildman–Crippen LogP) is -1.15. The Kier molecular flexibility index (Phi) is 11.7. The molecule has 7 heavy (non-hydrogen) atoms. The number of rotatable bonds is 0. The Balaban J connectivity index is -0.0000000800. The van der Waals surface area contributed by atoms with Crippen molar-refractivity contribution in [1.82, 2.24) is 0 Å². The second-order valence-electron chi connectivity index (χ2n) is 0.448. The Bertz CT molecular complexity index is 94.9. The summed E-state index contributed by atoms with van der Waals surface area (Å²) in [4.78, 5) is 0.